The third-order valence-electron chi connectivity index (χ3n) is 4.40. The molecule has 3 fully saturated rings. The van der Waals surface area contributed by atoms with Crippen LogP contribution >= 0.6 is 0 Å². The van der Waals surface area contributed by atoms with Gasteiger partial charge in [0.2, 0.25) is 0 Å². The summed E-state index contributed by atoms with van der Waals surface area (Å²) in [5.41, 5.74) is 0.612. The lowest BCUT2D eigenvalue weighted by Crippen LogP contribution is -2.60. The second-order valence-electron chi connectivity index (χ2n) is 5.77. The smallest absolute Gasteiger partial charge is 0.0546 e. The Morgan fingerprint density at radius 2 is 1.87 bits per heavy atom. The van der Waals surface area contributed by atoms with Crippen molar-refractivity contribution in [3.05, 3.63) is 0 Å². The molecule has 2 saturated heterocycles. The Kier molecular flexibility index (Phi) is 2.49. The minimum absolute atomic E-state index is 0.00770. The van der Waals surface area contributed by atoms with Crippen LogP contribution in [0, 0.1) is 11.3 Å². The first-order valence-corrected chi connectivity index (χ1v) is 6.24. The average molecular weight is 211 g/mol. The van der Waals surface area contributed by atoms with E-state index in [9.17, 15) is 5.11 Å². The molecule has 2 heterocycles. The van der Waals surface area contributed by atoms with Crippen LogP contribution in [0.5, 0.6) is 0 Å². The molecule has 3 heteroatoms. The molecule has 1 aliphatic carbocycles. The van der Waals surface area contributed by atoms with Crippen molar-refractivity contribution in [3.63, 3.8) is 0 Å². The van der Waals surface area contributed by atoms with E-state index in [4.69, 9.17) is 4.74 Å². The molecule has 0 atom stereocenters. The van der Waals surface area contributed by atoms with Gasteiger partial charge >= 0.3 is 0 Å². The minimum atomic E-state index is 0.00770. The first-order valence-electron chi connectivity index (χ1n) is 6.24. The third kappa shape index (κ3) is 1.93. The highest BCUT2D eigenvalue weighted by Gasteiger charge is 2.44. The van der Waals surface area contributed by atoms with Gasteiger partial charge in [-0.1, -0.05) is 0 Å². The number of hydrogen-bond acceptors (Lipinski definition) is 3. The Morgan fingerprint density at radius 3 is 2.47 bits per heavy atom. The fourth-order valence-corrected chi connectivity index (χ4v) is 3.37. The predicted molar refractivity (Wildman–Crippen MR) is 57.7 cm³/mol. The summed E-state index contributed by atoms with van der Waals surface area (Å²) in [5, 5.41) is 9.23. The van der Waals surface area contributed by atoms with Crippen molar-refractivity contribution < 1.29 is 9.84 Å². The van der Waals surface area contributed by atoms with Gasteiger partial charge in [0.15, 0.2) is 0 Å². The zero-order chi connectivity index (χ0) is 10.3. The summed E-state index contributed by atoms with van der Waals surface area (Å²) in [6.45, 7) is 5.72. The molecule has 0 amide bonds. The quantitative estimate of drug-likeness (QED) is 0.735. The number of ether oxygens (including phenoxy) is 1. The van der Waals surface area contributed by atoms with E-state index in [1.165, 1.54) is 32.5 Å². The van der Waals surface area contributed by atoms with Crippen molar-refractivity contribution in [3.8, 4) is 0 Å². The topological polar surface area (TPSA) is 32.7 Å². The van der Waals surface area contributed by atoms with E-state index in [1.807, 2.05) is 0 Å². The second kappa shape index (κ2) is 3.72. The van der Waals surface area contributed by atoms with Crippen LogP contribution in [0.2, 0.25) is 0 Å². The van der Waals surface area contributed by atoms with E-state index >= 15 is 0 Å². The van der Waals surface area contributed by atoms with E-state index in [1.54, 1.807) is 0 Å². The van der Waals surface area contributed by atoms with Crippen molar-refractivity contribution in [1.29, 1.82) is 0 Å². The largest absolute Gasteiger partial charge is 0.393 e. The lowest BCUT2D eigenvalue weighted by Gasteiger charge is -2.54. The highest BCUT2D eigenvalue weighted by Crippen LogP contribution is 2.41. The number of rotatable bonds is 2. The van der Waals surface area contributed by atoms with Crippen molar-refractivity contribution in [2.45, 2.75) is 31.8 Å². The molecule has 0 radical (unpaired) electrons. The molecule has 0 aromatic rings. The maximum Gasteiger partial charge on any atom is 0.0546 e. The molecule has 3 rings (SSSR count). The van der Waals surface area contributed by atoms with Gasteiger partial charge in [-0.05, 0) is 31.6 Å². The SMILES string of the molecule is OC1CC(CN2CC3(CCOCC3)C2)C1. The van der Waals surface area contributed by atoms with E-state index in [-0.39, 0.29) is 6.10 Å². The van der Waals surface area contributed by atoms with E-state index in [0.29, 0.717) is 5.41 Å². The monoisotopic (exact) mass is 211 g/mol. The molecule has 0 aromatic heterocycles. The van der Waals surface area contributed by atoms with Crippen LogP contribution in [0.3, 0.4) is 0 Å². The molecule has 0 bridgehead atoms. The molecule has 15 heavy (non-hydrogen) atoms. The van der Waals surface area contributed by atoms with Crippen LogP contribution in [-0.2, 0) is 4.74 Å². The molecule has 2 aliphatic heterocycles. The van der Waals surface area contributed by atoms with Crippen LogP contribution in [0.4, 0.5) is 0 Å². The highest BCUT2D eigenvalue weighted by molar-refractivity contribution is 4.97. The van der Waals surface area contributed by atoms with Crippen molar-refractivity contribution in [2.24, 2.45) is 11.3 Å². The van der Waals surface area contributed by atoms with E-state index in [0.717, 1.165) is 32.0 Å². The van der Waals surface area contributed by atoms with Gasteiger partial charge in [0.25, 0.3) is 0 Å². The molecule has 3 nitrogen and oxygen atoms in total. The zero-order valence-electron chi connectivity index (χ0n) is 9.32. The van der Waals surface area contributed by atoms with Crippen LogP contribution in [0.15, 0.2) is 0 Å². The van der Waals surface area contributed by atoms with Crippen LogP contribution in [0.25, 0.3) is 0 Å². The van der Waals surface area contributed by atoms with Gasteiger partial charge in [0.05, 0.1) is 6.10 Å². The minimum Gasteiger partial charge on any atom is -0.393 e. The molecule has 1 saturated carbocycles. The fraction of sp³-hybridized carbons (Fsp3) is 1.00. The summed E-state index contributed by atoms with van der Waals surface area (Å²) in [5.74, 6) is 0.775. The van der Waals surface area contributed by atoms with Gasteiger partial charge in [-0.15, -0.1) is 0 Å². The number of nitrogens with zero attached hydrogens (tertiary/aromatic N) is 1. The fourth-order valence-electron chi connectivity index (χ4n) is 3.37. The normalized spacial score (nSPS) is 39.8. The number of aliphatic hydroxyl groups is 1. The van der Waals surface area contributed by atoms with Crippen LogP contribution in [-0.4, -0.2) is 49.0 Å². The molecule has 0 unspecified atom stereocenters. The Hall–Kier alpha value is -0.120. The van der Waals surface area contributed by atoms with Crippen molar-refractivity contribution >= 4 is 0 Å². The Bertz CT molecular complexity index is 224. The maximum absolute atomic E-state index is 9.23. The Balaban J connectivity index is 1.41. The zero-order valence-corrected chi connectivity index (χ0v) is 9.32. The summed E-state index contributed by atoms with van der Waals surface area (Å²) >= 11 is 0. The lowest BCUT2D eigenvalue weighted by molar-refractivity contribution is -0.0952. The molecule has 1 spiro atoms. The first kappa shape index (κ1) is 10.1. The summed E-state index contributed by atoms with van der Waals surface area (Å²) < 4.78 is 5.41. The van der Waals surface area contributed by atoms with Crippen LogP contribution < -0.4 is 0 Å². The number of hydrogen-bond donors (Lipinski definition) is 1. The molecular formula is C12H21NO2. The second-order valence-corrected chi connectivity index (χ2v) is 5.77. The molecule has 3 aliphatic rings. The van der Waals surface area contributed by atoms with Gasteiger partial charge in [-0.2, -0.15) is 0 Å². The van der Waals surface area contributed by atoms with E-state index in [2.05, 4.69) is 4.90 Å². The maximum atomic E-state index is 9.23. The van der Waals surface area contributed by atoms with Crippen molar-refractivity contribution in [2.75, 3.05) is 32.8 Å². The molecular weight excluding hydrogens is 190 g/mol. The average Bonchev–Trinajstić information content (AvgIpc) is 2.14. The van der Waals surface area contributed by atoms with Crippen LogP contribution in [0.1, 0.15) is 25.7 Å². The third-order valence-corrected chi connectivity index (χ3v) is 4.40. The van der Waals surface area contributed by atoms with E-state index < -0.39 is 0 Å². The van der Waals surface area contributed by atoms with Gasteiger partial charge in [0, 0.05) is 38.3 Å². The first-order chi connectivity index (χ1) is 7.26. The lowest BCUT2D eigenvalue weighted by atomic mass is 9.72. The van der Waals surface area contributed by atoms with Gasteiger partial charge < -0.3 is 14.7 Å². The summed E-state index contributed by atoms with van der Waals surface area (Å²) in [6.07, 6.45) is 4.60. The summed E-state index contributed by atoms with van der Waals surface area (Å²) in [6, 6.07) is 0. The summed E-state index contributed by atoms with van der Waals surface area (Å²) in [4.78, 5) is 2.57. The molecule has 1 N–H and O–H groups in total. The van der Waals surface area contributed by atoms with Crippen molar-refractivity contribution in [1.82, 2.24) is 4.90 Å². The standard InChI is InChI=1S/C12H21NO2/c14-11-5-10(6-11)7-13-8-12(9-13)1-3-15-4-2-12/h10-11,14H,1-9H2. The molecule has 0 aromatic carbocycles. The Labute approximate surface area is 91.4 Å². The predicted octanol–water partition coefficient (Wildman–Crippen LogP) is 0.870. The highest BCUT2D eigenvalue weighted by atomic mass is 16.5. The number of likely N-dealkylation sites (tertiary alicyclic amines) is 1. The Morgan fingerprint density at radius 1 is 1.20 bits per heavy atom. The van der Waals surface area contributed by atoms with Gasteiger partial charge in [0.1, 0.15) is 0 Å². The summed E-state index contributed by atoms with van der Waals surface area (Å²) in [7, 11) is 0. The molecule has 86 valence electrons. The number of aliphatic hydroxyl groups excluding tert-OH is 1. The van der Waals surface area contributed by atoms with Gasteiger partial charge in [-0.3, -0.25) is 0 Å². The van der Waals surface area contributed by atoms with Gasteiger partial charge in [-0.25, -0.2) is 0 Å².